The van der Waals surface area contributed by atoms with Gasteiger partial charge in [-0.25, -0.2) is 14.7 Å². The Kier molecular flexibility index (Phi) is 6.49. The van der Waals surface area contributed by atoms with Gasteiger partial charge in [-0.3, -0.25) is 9.36 Å². The average molecular weight is 468 g/mol. The van der Waals surface area contributed by atoms with E-state index < -0.39 is 17.3 Å². The molecule has 2 heterocycles. The lowest BCUT2D eigenvalue weighted by molar-refractivity contribution is -0.137. The van der Waals surface area contributed by atoms with Crippen LogP contribution in [0.3, 0.4) is 0 Å². The van der Waals surface area contributed by atoms with Gasteiger partial charge in [0.1, 0.15) is 11.7 Å². The topological polar surface area (TPSA) is 68.3 Å². The zero-order chi connectivity index (χ0) is 24.3. The van der Waals surface area contributed by atoms with E-state index >= 15 is 0 Å². The van der Waals surface area contributed by atoms with Gasteiger partial charge in [-0.05, 0) is 29.7 Å². The smallest absolute Gasteiger partial charge is 0.369 e. The predicted molar refractivity (Wildman–Crippen MR) is 124 cm³/mol. The summed E-state index contributed by atoms with van der Waals surface area (Å²) >= 11 is 0. The normalized spacial score (nSPS) is 12.0. The van der Waals surface area contributed by atoms with Crippen molar-refractivity contribution in [3.8, 4) is 0 Å². The fraction of sp³-hybridized carbons (Fsp3) is 0.250. The second-order valence-electron chi connectivity index (χ2n) is 8.06. The SMILES string of the molecule is CN(C)/C=N/c1c2c(=O)n(Cc3cccc(C(F)(F)F)c3)cnc2nn1CCc1ccccc1. The minimum Gasteiger partial charge on any atom is -0.369 e. The second-order valence-corrected chi connectivity index (χ2v) is 8.06. The highest BCUT2D eigenvalue weighted by atomic mass is 19.4. The third-order valence-electron chi connectivity index (χ3n) is 5.17. The standard InChI is InChI=1S/C24H23F3N6O/c1-31(2)15-29-22-20-21(30-33(22)12-11-17-7-4-3-5-8-17)28-16-32(23(20)34)14-18-9-6-10-19(13-18)24(25,26)27/h3-10,13,15-16H,11-12,14H2,1-2H3/b29-15+. The summed E-state index contributed by atoms with van der Waals surface area (Å²) in [4.78, 5) is 23.8. The Bertz CT molecular complexity index is 1370. The van der Waals surface area contributed by atoms with Crippen molar-refractivity contribution < 1.29 is 13.2 Å². The van der Waals surface area contributed by atoms with Crippen molar-refractivity contribution in [2.45, 2.75) is 25.7 Å². The lowest BCUT2D eigenvalue weighted by Crippen LogP contribution is -2.21. The van der Waals surface area contributed by atoms with Crippen LogP contribution in [0.2, 0.25) is 0 Å². The Morgan fingerprint density at radius 1 is 1.06 bits per heavy atom. The summed E-state index contributed by atoms with van der Waals surface area (Å²) in [5.41, 5.74) is 0.507. The van der Waals surface area contributed by atoms with E-state index in [4.69, 9.17) is 0 Å². The van der Waals surface area contributed by atoms with Crippen LogP contribution in [-0.4, -0.2) is 44.7 Å². The Morgan fingerprint density at radius 2 is 1.79 bits per heavy atom. The molecule has 0 radical (unpaired) electrons. The fourth-order valence-corrected chi connectivity index (χ4v) is 3.54. The average Bonchev–Trinajstić information content (AvgIpc) is 3.16. The quantitative estimate of drug-likeness (QED) is 0.302. The van der Waals surface area contributed by atoms with Gasteiger partial charge in [0.2, 0.25) is 0 Å². The molecule has 0 aliphatic rings. The van der Waals surface area contributed by atoms with Gasteiger partial charge in [-0.1, -0.05) is 42.5 Å². The van der Waals surface area contributed by atoms with Crippen LogP contribution in [0.25, 0.3) is 11.0 Å². The maximum atomic E-state index is 13.3. The van der Waals surface area contributed by atoms with Crippen LogP contribution in [0.1, 0.15) is 16.7 Å². The molecular formula is C24H23F3N6O. The van der Waals surface area contributed by atoms with E-state index in [0.717, 1.165) is 17.7 Å². The number of alkyl halides is 3. The molecule has 2 aromatic heterocycles. The van der Waals surface area contributed by atoms with Crippen molar-refractivity contribution in [1.82, 2.24) is 24.2 Å². The molecule has 4 rings (SSSR count). The van der Waals surface area contributed by atoms with Gasteiger partial charge in [-0.2, -0.15) is 18.3 Å². The maximum absolute atomic E-state index is 13.3. The Morgan fingerprint density at radius 3 is 2.50 bits per heavy atom. The third-order valence-corrected chi connectivity index (χ3v) is 5.17. The number of aromatic nitrogens is 4. The van der Waals surface area contributed by atoms with Gasteiger partial charge in [0, 0.05) is 20.6 Å². The molecule has 4 aromatic rings. The number of benzene rings is 2. The lowest BCUT2D eigenvalue weighted by atomic mass is 10.1. The number of fused-ring (bicyclic) bond motifs is 1. The van der Waals surface area contributed by atoms with Crippen molar-refractivity contribution >= 4 is 23.2 Å². The van der Waals surface area contributed by atoms with Crippen molar-refractivity contribution in [1.29, 1.82) is 0 Å². The molecule has 0 unspecified atom stereocenters. The van der Waals surface area contributed by atoms with Crippen LogP contribution < -0.4 is 5.56 Å². The van der Waals surface area contributed by atoms with Gasteiger partial charge in [0.25, 0.3) is 5.56 Å². The van der Waals surface area contributed by atoms with E-state index in [1.54, 1.807) is 36.1 Å². The molecule has 10 heteroatoms. The number of hydrogen-bond acceptors (Lipinski definition) is 4. The minimum absolute atomic E-state index is 0.0578. The van der Waals surface area contributed by atoms with Crippen LogP contribution >= 0.6 is 0 Å². The number of halogens is 3. The molecule has 0 aliphatic heterocycles. The van der Waals surface area contributed by atoms with E-state index in [9.17, 15) is 18.0 Å². The van der Waals surface area contributed by atoms with Gasteiger partial charge >= 0.3 is 6.18 Å². The number of hydrogen-bond donors (Lipinski definition) is 0. The summed E-state index contributed by atoms with van der Waals surface area (Å²) in [5.74, 6) is 0.357. The molecule has 34 heavy (non-hydrogen) atoms. The van der Waals surface area contributed by atoms with E-state index in [1.807, 2.05) is 30.3 Å². The zero-order valence-corrected chi connectivity index (χ0v) is 18.7. The molecule has 0 saturated heterocycles. The van der Waals surface area contributed by atoms with Gasteiger partial charge in [0.05, 0.1) is 18.4 Å². The summed E-state index contributed by atoms with van der Waals surface area (Å²) in [6, 6.07) is 14.8. The summed E-state index contributed by atoms with van der Waals surface area (Å²) in [6.07, 6.45) is -0.910. The van der Waals surface area contributed by atoms with Gasteiger partial charge < -0.3 is 4.90 Å². The number of aliphatic imine (C=N–C) groups is 1. The summed E-state index contributed by atoms with van der Waals surface area (Å²) in [7, 11) is 3.61. The van der Waals surface area contributed by atoms with Crippen LogP contribution in [0.5, 0.6) is 0 Å². The maximum Gasteiger partial charge on any atom is 0.416 e. The highest BCUT2D eigenvalue weighted by Gasteiger charge is 2.30. The lowest BCUT2D eigenvalue weighted by Gasteiger charge is -2.10. The Labute approximate surface area is 193 Å². The van der Waals surface area contributed by atoms with Crippen LogP contribution in [0.4, 0.5) is 19.0 Å². The van der Waals surface area contributed by atoms with Crippen LogP contribution in [0.15, 0.2) is 70.7 Å². The van der Waals surface area contributed by atoms with Crippen molar-refractivity contribution in [2.75, 3.05) is 14.1 Å². The summed E-state index contributed by atoms with van der Waals surface area (Å²) in [5, 5.41) is 4.70. The molecule has 0 saturated carbocycles. The first-order valence-electron chi connectivity index (χ1n) is 10.6. The van der Waals surface area contributed by atoms with Crippen molar-refractivity contribution in [3.05, 3.63) is 88.0 Å². The molecule has 0 N–H and O–H groups in total. The predicted octanol–water partition coefficient (Wildman–Crippen LogP) is 4.12. The minimum atomic E-state index is -4.46. The molecule has 0 fully saturated rings. The van der Waals surface area contributed by atoms with E-state index in [1.165, 1.54) is 17.0 Å². The first kappa shape index (κ1) is 23.2. The molecule has 2 aromatic carbocycles. The number of nitrogens with zero attached hydrogens (tertiary/aromatic N) is 6. The first-order chi connectivity index (χ1) is 16.2. The number of rotatable bonds is 7. The van der Waals surface area contributed by atoms with E-state index in [-0.39, 0.29) is 17.6 Å². The molecule has 176 valence electrons. The Hall–Kier alpha value is -3.95. The highest BCUT2D eigenvalue weighted by Crippen LogP contribution is 2.29. The molecule has 0 spiro atoms. The molecular weight excluding hydrogens is 445 g/mol. The van der Waals surface area contributed by atoms with Crippen LogP contribution in [0, 0.1) is 0 Å². The molecule has 0 amide bonds. The molecule has 0 bridgehead atoms. The summed E-state index contributed by atoms with van der Waals surface area (Å²) < 4.78 is 42.2. The largest absolute Gasteiger partial charge is 0.416 e. The Balaban J connectivity index is 1.73. The monoisotopic (exact) mass is 468 g/mol. The molecule has 7 nitrogen and oxygen atoms in total. The van der Waals surface area contributed by atoms with E-state index in [2.05, 4.69) is 15.1 Å². The second kappa shape index (κ2) is 9.50. The number of aryl methyl sites for hydroxylation is 2. The van der Waals surface area contributed by atoms with Crippen LogP contribution in [-0.2, 0) is 25.7 Å². The zero-order valence-electron chi connectivity index (χ0n) is 18.7. The van der Waals surface area contributed by atoms with E-state index in [0.29, 0.717) is 24.3 Å². The first-order valence-corrected chi connectivity index (χ1v) is 10.6. The van der Waals surface area contributed by atoms with Gasteiger partial charge in [0.15, 0.2) is 11.5 Å². The summed E-state index contributed by atoms with van der Waals surface area (Å²) in [6.45, 7) is 0.422. The molecule has 0 aliphatic carbocycles. The van der Waals surface area contributed by atoms with Crippen molar-refractivity contribution in [2.24, 2.45) is 4.99 Å². The fourth-order valence-electron chi connectivity index (χ4n) is 3.54. The molecule has 0 atom stereocenters. The third kappa shape index (κ3) is 5.16. The highest BCUT2D eigenvalue weighted by molar-refractivity contribution is 5.86. The van der Waals surface area contributed by atoms with Crippen molar-refractivity contribution in [3.63, 3.8) is 0 Å². The van der Waals surface area contributed by atoms with Gasteiger partial charge in [-0.15, -0.1) is 0 Å².